The van der Waals surface area contributed by atoms with Gasteiger partial charge in [0, 0.05) is 18.6 Å². The number of benzene rings is 1. The van der Waals surface area contributed by atoms with E-state index in [9.17, 15) is 13.2 Å². The Hall–Kier alpha value is -2.07. The molecule has 1 saturated heterocycles. The summed E-state index contributed by atoms with van der Waals surface area (Å²) in [5, 5.41) is 3.03. The zero-order chi connectivity index (χ0) is 22.7. The fraction of sp³-hybridized carbons (Fsp3) is 0.500. The van der Waals surface area contributed by atoms with E-state index in [0.717, 1.165) is 31.9 Å². The molecule has 2 aliphatic rings. The van der Waals surface area contributed by atoms with E-state index in [4.69, 9.17) is 21.1 Å². The molecule has 0 spiro atoms. The van der Waals surface area contributed by atoms with Crippen molar-refractivity contribution in [1.82, 2.24) is 9.97 Å². The van der Waals surface area contributed by atoms with Gasteiger partial charge in [0.2, 0.25) is 5.91 Å². The zero-order valence-corrected chi connectivity index (χ0v) is 19.4. The van der Waals surface area contributed by atoms with Crippen molar-refractivity contribution in [2.75, 3.05) is 25.0 Å². The second kappa shape index (κ2) is 9.82. The van der Waals surface area contributed by atoms with Crippen LogP contribution in [0.15, 0.2) is 35.5 Å². The van der Waals surface area contributed by atoms with Crippen LogP contribution in [-0.2, 0) is 24.1 Å². The Bertz CT molecular complexity index is 1080. The van der Waals surface area contributed by atoms with Crippen LogP contribution < -0.4 is 5.32 Å². The average molecular weight is 480 g/mol. The van der Waals surface area contributed by atoms with E-state index in [1.54, 1.807) is 18.3 Å². The van der Waals surface area contributed by atoms with Crippen molar-refractivity contribution >= 4 is 33.2 Å². The Labute approximate surface area is 192 Å². The predicted octanol–water partition coefficient (Wildman–Crippen LogP) is 3.88. The van der Waals surface area contributed by atoms with Crippen molar-refractivity contribution < 1.29 is 22.7 Å². The van der Waals surface area contributed by atoms with E-state index in [1.165, 1.54) is 12.3 Å². The molecule has 172 valence electrons. The molecule has 1 N–H and O–H groups in total. The Morgan fingerprint density at radius 3 is 2.66 bits per heavy atom. The number of halogens is 1. The van der Waals surface area contributed by atoms with Crippen LogP contribution in [0.5, 0.6) is 0 Å². The van der Waals surface area contributed by atoms with Gasteiger partial charge in [0.15, 0.2) is 15.7 Å². The van der Waals surface area contributed by atoms with Crippen molar-refractivity contribution in [3.8, 4) is 0 Å². The second-order valence-corrected chi connectivity index (χ2v) is 10.7. The molecule has 32 heavy (non-hydrogen) atoms. The fourth-order valence-electron chi connectivity index (χ4n) is 4.38. The van der Waals surface area contributed by atoms with Gasteiger partial charge in [0.1, 0.15) is 18.6 Å². The first-order chi connectivity index (χ1) is 15.3. The lowest BCUT2D eigenvalue weighted by molar-refractivity contribution is -0.118. The van der Waals surface area contributed by atoms with Crippen LogP contribution in [0.3, 0.4) is 0 Å². The molecule has 2 atom stereocenters. The van der Waals surface area contributed by atoms with Crippen LogP contribution in [0, 0.1) is 5.92 Å². The van der Waals surface area contributed by atoms with Crippen molar-refractivity contribution in [2.45, 2.75) is 49.0 Å². The van der Waals surface area contributed by atoms with Crippen LogP contribution in [0.4, 0.5) is 5.82 Å². The Morgan fingerprint density at radius 2 is 2.00 bits per heavy atom. The van der Waals surface area contributed by atoms with Crippen LogP contribution in [-0.4, -0.2) is 43.9 Å². The number of carbonyl (C=O) groups is 1. The smallest absolute Gasteiger partial charge is 0.233 e. The Morgan fingerprint density at radius 1 is 1.25 bits per heavy atom. The highest BCUT2D eigenvalue weighted by Gasteiger charge is 2.30. The number of amides is 1. The number of sulfone groups is 1. The molecule has 0 radical (unpaired) electrons. The summed E-state index contributed by atoms with van der Waals surface area (Å²) >= 11 is 6.29. The fourth-order valence-corrected chi connectivity index (χ4v) is 5.72. The van der Waals surface area contributed by atoms with Gasteiger partial charge in [0.05, 0.1) is 22.4 Å². The van der Waals surface area contributed by atoms with Gasteiger partial charge in [-0.25, -0.2) is 13.4 Å². The van der Waals surface area contributed by atoms with E-state index in [0.29, 0.717) is 36.0 Å². The van der Waals surface area contributed by atoms with Gasteiger partial charge in [0.25, 0.3) is 0 Å². The molecule has 8 nitrogen and oxygen atoms in total. The highest BCUT2D eigenvalue weighted by Crippen LogP contribution is 2.37. The second-order valence-electron chi connectivity index (χ2n) is 8.32. The van der Waals surface area contributed by atoms with Crippen molar-refractivity contribution in [3.05, 3.63) is 46.9 Å². The minimum Gasteiger partial charge on any atom is -0.352 e. The van der Waals surface area contributed by atoms with Gasteiger partial charge in [-0.2, -0.15) is 0 Å². The quantitative estimate of drug-likeness (QED) is 0.641. The van der Waals surface area contributed by atoms with Crippen molar-refractivity contribution in [3.63, 3.8) is 0 Å². The number of ether oxygens (including phenoxy) is 2. The predicted molar refractivity (Wildman–Crippen MR) is 119 cm³/mol. The summed E-state index contributed by atoms with van der Waals surface area (Å²) in [4.78, 5) is 22.1. The zero-order valence-electron chi connectivity index (χ0n) is 17.8. The first-order valence-electron chi connectivity index (χ1n) is 10.6. The maximum Gasteiger partial charge on any atom is 0.233 e. The van der Waals surface area contributed by atoms with Crippen LogP contribution in [0.25, 0.3) is 0 Å². The van der Waals surface area contributed by atoms with Crippen LogP contribution in [0.1, 0.15) is 55.4 Å². The van der Waals surface area contributed by atoms with Gasteiger partial charge in [-0.1, -0.05) is 43.4 Å². The standard InChI is InChI=1S/C22H26ClN3O5S/c1-32(28,29)19-7-6-15(11-17(19)23)16(10-14-4-2-3-5-14)22(27)26-21-20(24-8-9-25-21)18-12-30-13-31-18/h6-9,11,14,16,18H,2-5,10,12-13H2,1H3,(H,25,26,27)/t16-,18?/m1/s1. The van der Waals surface area contributed by atoms with Crippen LogP contribution in [0.2, 0.25) is 5.02 Å². The molecule has 1 aliphatic heterocycles. The van der Waals surface area contributed by atoms with Gasteiger partial charge < -0.3 is 14.8 Å². The Kier molecular flexibility index (Phi) is 7.09. The van der Waals surface area contributed by atoms with Gasteiger partial charge in [-0.15, -0.1) is 0 Å². The molecule has 1 aromatic carbocycles. The summed E-state index contributed by atoms with van der Waals surface area (Å²) in [6, 6.07) is 4.73. The summed E-state index contributed by atoms with van der Waals surface area (Å²) < 4.78 is 34.7. The van der Waals surface area contributed by atoms with Crippen LogP contribution >= 0.6 is 11.6 Å². The number of nitrogens with zero attached hydrogens (tertiary/aromatic N) is 2. The van der Waals surface area contributed by atoms with E-state index in [1.807, 2.05) is 0 Å². The van der Waals surface area contributed by atoms with Crippen molar-refractivity contribution in [1.29, 1.82) is 0 Å². The topological polar surface area (TPSA) is 107 Å². The normalized spacial score (nSPS) is 20.4. The monoisotopic (exact) mass is 479 g/mol. The molecule has 1 amide bonds. The summed E-state index contributed by atoms with van der Waals surface area (Å²) in [7, 11) is -3.46. The molecule has 2 heterocycles. The molecule has 1 saturated carbocycles. The molecule has 0 bridgehead atoms. The Balaban J connectivity index is 1.62. The van der Waals surface area contributed by atoms with E-state index in [-0.39, 0.29) is 22.6 Å². The number of carbonyl (C=O) groups excluding carboxylic acids is 1. The van der Waals surface area contributed by atoms with Gasteiger partial charge >= 0.3 is 0 Å². The highest BCUT2D eigenvalue weighted by atomic mass is 35.5. The first kappa shape index (κ1) is 23.1. The summed E-state index contributed by atoms with van der Waals surface area (Å²) in [5.74, 6) is 0.0239. The lowest BCUT2D eigenvalue weighted by atomic mass is 9.87. The molecule has 10 heteroatoms. The molecule has 4 rings (SSSR count). The SMILES string of the molecule is CS(=O)(=O)c1ccc([C@@H](CC2CCCC2)C(=O)Nc2nccnc2C2COCO2)cc1Cl. The highest BCUT2D eigenvalue weighted by molar-refractivity contribution is 7.90. The molecular formula is C22H26ClN3O5S. The van der Waals surface area contributed by atoms with Gasteiger partial charge in [-0.05, 0) is 30.0 Å². The molecular weight excluding hydrogens is 454 g/mol. The third-order valence-electron chi connectivity index (χ3n) is 6.01. The minimum absolute atomic E-state index is 0.0533. The average Bonchev–Trinajstić information content (AvgIpc) is 3.45. The molecule has 1 unspecified atom stereocenters. The lowest BCUT2D eigenvalue weighted by Gasteiger charge is -2.22. The molecule has 1 aromatic heterocycles. The number of aromatic nitrogens is 2. The molecule has 2 fully saturated rings. The third kappa shape index (κ3) is 5.28. The number of anilines is 1. The summed E-state index contributed by atoms with van der Waals surface area (Å²) in [6.45, 7) is 0.514. The number of hydrogen-bond acceptors (Lipinski definition) is 7. The largest absolute Gasteiger partial charge is 0.352 e. The van der Waals surface area contributed by atoms with E-state index >= 15 is 0 Å². The minimum atomic E-state index is -3.46. The van der Waals surface area contributed by atoms with Crippen molar-refractivity contribution in [2.24, 2.45) is 5.92 Å². The lowest BCUT2D eigenvalue weighted by Crippen LogP contribution is -2.25. The molecule has 1 aliphatic carbocycles. The van der Waals surface area contributed by atoms with Gasteiger partial charge in [-0.3, -0.25) is 9.78 Å². The van der Waals surface area contributed by atoms with E-state index in [2.05, 4.69) is 15.3 Å². The third-order valence-corrected chi connectivity index (χ3v) is 7.59. The number of nitrogens with one attached hydrogen (secondary N) is 1. The van der Waals surface area contributed by atoms with E-state index < -0.39 is 21.9 Å². The number of hydrogen-bond donors (Lipinski definition) is 1. The first-order valence-corrected chi connectivity index (χ1v) is 12.9. The maximum atomic E-state index is 13.4. The molecule has 2 aromatic rings. The summed E-state index contributed by atoms with van der Waals surface area (Å²) in [5.41, 5.74) is 1.20. The number of rotatable bonds is 7. The maximum absolute atomic E-state index is 13.4. The summed E-state index contributed by atoms with van der Waals surface area (Å²) in [6.07, 6.45) is 8.88.